The van der Waals surface area contributed by atoms with Crippen LogP contribution in [0.3, 0.4) is 0 Å². The number of aryl methyl sites for hydroxylation is 1. The largest absolute Gasteiger partial charge is 0.452 e. The first kappa shape index (κ1) is 25.0. The number of nitrogens with one attached hydrogen (secondary N) is 3. The molecule has 2 aromatic rings. The maximum atomic E-state index is 12.6. The van der Waals surface area contributed by atoms with E-state index in [4.69, 9.17) is 4.74 Å². The van der Waals surface area contributed by atoms with Crippen LogP contribution in [0.15, 0.2) is 54.1 Å². The lowest BCUT2D eigenvalue weighted by Crippen LogP contribution is -2.35. The van der Waals surface area contributed by atoms with Crippen LogP contribution >= 0.6 is 0 Å². The smallest absolute Gasteiger partial charge is 0.340 e. The molecule has 0 saturated heterocycles. The summed E-state index contributed by atoms with van der Waals surface area (Å²) in [7, 11) is 0. The molecule has 3 N–H and O–H groups in total. The molecule has 0 saturated carbocycles. The topological polar surface area (TPSA) is 96.5 Å². The quantitative estimate of drug-likeness (QED) is 0.356. The number of para-hydroxylation sites is 1. The van der Waals surface area contributed by atoms with Crippen LogP contribution in [0.5, 0.6) is 0 Å². The Bertz CT molecular complexity index is 1060. The van der Waals surface area contributed by atoms with E-state index in [0.717, 1.165) is 36.9 Å². The Labute approximate surface area is 201 Å². The summed E-state index contributed by atoms with van der Waals surface area (Å²) in [5.74, 6) is -1.48. The number of benzene rings is 2. The molecule has 1 aliphatic carbocycles. The summed E-state index contributed by atoms with van der Waals surface area (Å²) in [5.41, 5.74) is 5.25. The lowest BCUT2D eigenvalue weighted by Gasteiger charge is -2.15. The van der Waals surface area contributed by atoms with Crippen molar-refractivity contribution in [2.24, 2.45) is 0 Å². The fourth-order valence-electron chi connectivity index (χ4n) is 3.82. The van der Waals surface area contributed by atoms with Crippen molar-refractivity contribution >= 4 is 29.2 Å². The second-order valence-corrected chi connectivity index (χ2v) is 8.48. The number of hydrogen-bond donors (Lipinski definition) is 3. The minimum atomic E-state index is -0.588. The highest BCUT2D eigenvalue weighted by Crippen LogP contribution is 2.21. The molecule has 7 heteroatoms. The zero-order chi connectivity index (χ0) is 24.3. The molecule has 0 aliphatic heterocycles. The summed E-state index contributed by atoms with van der Waals surface area (Å²) in [6.07, 6.45) is 8.04. The van der Waals surface area contributed by atoms with E-state index in [1.165, 1.54) is 18.4 Å². The molecule has 0 heterocycles. The molecule has 0 atom stereocenters. The molecule has 2 aromatic carbocycles. The van der Waals surface area contributed by atoms with Gasteiger partial charge in [-0.3, -0.25) is 9.59 Å². The number of allylic oxidation sites excluding steroid dienone is 1. The molecule has 7 nitrogen and oxygen atoms in total. The number of amides is 2. The first-order chi connectivity index (χ1) is 16.4. The van der Waals surface area contributed by atoms with Gasteiger partial charge in [-0.25, -0.2) is 4.79 Å². The zero-order valence-electron chi connectivity index (χ0n) is 19.9. The number of rotatable bonds is 10. The lowest BCUT2D eigenvalue weighted by atomic mass is 9.97. The normalized spacial score (nSPS) is 12.9. The summed E-state index contributed by atoms with van der Waals surface area (Å²) in [4.78, 5) is 36.8. The Balaban J connectivity index is 1.43. The summed E-state index contributed by atoms with van der Waals surface area (Å²) in [5, 5.41) is 8.56. The van der Waals surface area contributed by atoms with E-state index in [1.807, 2.05) is 38.1 Å². The molecule has 0 spiro atoms. The highest BCUT2D eigenvalue weighted by Gasteiger charge is 2.15. The number of ether oxygens (including phenoxy) is 1. The summed E-state index contributed by atoms with van der Waals surface area (Å²) in [6.45, 7) is 3.94. The van der Waals surface area contributed by atoms with Gasteiger partial charge in [-0.1, -0.05) is 35.9 Å². The van der Waals surface area contributed by atoms with Gasteiger partial charge in [0.1, 0.15) is 0 Å². The van der Waals surface area contributed by atoms with Crippen molar-refractivity contribution in [3.05, 3.63) is 70.8 Å². The third kappa shape index (κ3) is 7.47. The van der Waals surface area contributed by atoms with Gasteiger partial charge < -0.3 is 20.7 Å². The van der Waals surface area contributed by atoms with Crippen LogP contribution in [0.25, 0.3) is 0 Å². The van der Waals surface area contributed by atoms with Crippen LogP contribution in [-0.4, -0.2) is 37.5 Å². The van der Waals surface area contributed by atoms with Gasteiger partial charge in [0, 0.05) is 17.9 Å². The van der Waals surface area contributed by atoms with Crippen molar-refractivity contribution in [3.63, 3.8) is 0 Å². The van der Waals surface area contributed by atoms with Crippen LogP contribution in [-0.2, 0) is 14.3 Å². The molecule has 0 unspecified atom stereocenters. The van der Waals surface area contributed by atoms with Crippen molar-refractivity contribution < 1.29 is 19.1 Å². The average molecular weight is 464 g/mol. The van der Waals surface area contributed by atoms with Gasteiger partial charge in [0.25, 0.3) is 5.91 Å². The van der Waals surface area contributed by atoms with Gasteiger partial charge in [-0.2, -0.15) is 0 Å². The Hall–Kier alpha value is -3.61. The molecule has 3 rings (SSSR count). The molecule has 0 fully saturated rings. The van der Waals surface area contributed by atoms with E-state index < -0.39 is 18.5 Å². The number of esters is 1. The fourth-order valence-corrected chi connectivity index (χ4v) is 3.82. The van der Waals surface area contributed by atoms with Gasteiger partial charge in [-0.05, 0) is 75.3 Å². The molecule has 0 bridgehead atoms. The van der Waals surface area contributed by atoms with Crippen LogP contribution in [0.1, 0.15) is 53.6 Å². The van der Waals surface area contributed by atoms with Crippen molar-refractivity contribution in [2.75, 3.05) is 30.3 Å². The predicted octanol–water partition coefficient (Wildman–Crippen LogP) is 4.52. The first-order valence-electron chi connectivity index (χ1n) is 11.7. The third-order valence-electron chi connectivity index (χ3n) is 5.95. The first-order valence-corrected chi connectivity index (χ1v) is 11.7. The minimum absolute atomic E-state index is 0.211. The molecular weight excluding hydrogens is 430 g/mol. The molecule has 0 aromatic heterocycles. The molecular formula is C27H33N3O4. The second kappa shape index (κ2) is 12.6. The maximum absolute atomic E-state index is 12.6. The summed E-state index contributed by atoms with van der Waals surface area (Å²) >= 11 is 0. The summed E-state index contributed by atoms with van der Waals surface area (Å²) in [6, 6.07) is 12.7. The van der Waals surface area contributed by atoms with Crippen molar-refractivity contribution in [2.45, 2.75) is 46.0 Å². The van der Waals surface area contributed by atoms with Gasteiger partial charge in [0.2, 0.25) is 5.91 Å². The monoisotopic (exact) mass is 463 g/mol. The van der Waals surface area contributed by atoms with Crippen LogP contribution in [0.4, 0.5) is 11.4 Å². The Morgan fingerprint density at radius 1 is 0.941 bits per heavy atom. The Morgan fingerprint density at radius 2 is 1.74 bits per heavy atom. The van der Waals surface area contributed by atoms with E-state index in [-0.39, 0.29) is 12.5 Å². The Kier molecular flexibility index (Phi) is 9.26. The van der Waals surface area contributed by atoms with E-state index in [2.05, 4.69) is 22.0 Å². The molecule has 34 heavy (non-hydrogen) atoms. The van der Waals surface area contributed by atoms with Crippen molar-refractivity contribution in [1.82, 2.24) is 5.32 Å². The van der Waals surface area contributed by atoms with Crippen LogP contribution < -0.4 is 16.0 Å². The van der Waals surface area contributed by atoms with Crippen molar-refractivity contribution in [3.8, 4) is 0 Å². The molecule has 1 aliphatic rings. The number of carbonyl (C=O) groups is 3. The predicted molar refractivity (Wildman–Crippen MR) is 134 cm³/mol. The molecule has 0 radical (unpaired) electrons. The standard InChI is InChI=1S/C27H33N3O4/c1-19-9-8-14-23(20(19)2)30-25(31)17-29-26(32)18-34-27(33)22-12-6-7-13-24(22)28-16-15-21-10-4-3-5-11-21/h6-10,12-14,28H,3-5,11,15-18H2,1-2H3,(H,29,32)(H,30,31). The van der Waals surface area contributed by atoms with Crippen LogP contribution in [0.2, 0.25) is 0 Å². The third-order valence-corrected chi connectivity index (χ3v) is 5.95. The Morgan fingerprint density at radius 3 is 2.53 bits per heavy atom. The minimum Gasteiger partial charge on any atom is -0.452 e. The maximum Gasteiger partial charge on any atom is 0.340 e. The molecule has 180 valence electrons. The second-order valence-electron chi connectivity index (χ2n) is 8.48. The number of anilines is 2. The van der Waals surface area contributed by atoms with Crippen molar-refractivity contribution in [1.29, 1.82) is 0 Å². The van der Waals surface area contributed by atoms with E-state index in [0.29, 0.717) is 16.9 Å². The van der Waals surface area contributed by atoms with E-state index >= 15 is 0 Å². The average Bonchev–Trinajstić information content (AvgIpc) is 2.85. The number of hydrogen-bond acceptors (Lipinski definition) is 5. The van der Waals surface area contributed by atoms with Gasteiger partial charge in [-0.15, -0.1) is 0 Å². The highest BCUT2D eigenvalue weighted by molar-refractivity contribution is 5.98. The highest BCUT2D eigenvalue weighted by atomic mass is 16.5. The van der Waals surface area contributed by atoms with Gasteiger partial charge >= 0.3 is 5.97 Å². The van der Waals surface area contributed by atoms with E-state index in [1.54, 1.807) is 18.2 Å². The fraction of sp³-hybridized carbons (Fsp3) is 0.370. The van der Waals surface area contributed by atoms with Gasteiger partial charge in [0.15, 0.2) is 6.61 Å². The zero-order valence-corrected chi connectivity index (χ0v) is 19.9. The summed E-state index contributed by atoms with van der Waals surface area (Å²) < 4.78 is 5.18. The lowest BCUT2D eigenvalue weighted by molar-refractivity contribution is -0.126. The van der Waals surface area contributed by atoms with E-state index in [9.17, 15) is 14.4 Å². The van der Waals surface area contributed by atoms with Crippen LogP contribution in [0, 0.1) is 13.8 Å². The molecule has 2 amide bonds. The number of carbonyl (C=O) groups excluding carboxylic acids is 3. The SMILES string of the molecule is Cc1cccc(NC(=O)CNC(=O)COC(=O)c2ccccc2NCCC2=CCCCC2)c1C. The van der Waals surface area contributed by atoms with Gasteiger partial charge in [0.05, 0.1) is 12.1 Å².